The van der Waals surface area contributed by atoms with Crippen LogP contribution in [0.4, 0.5) is 13.6 Å². The molecule has 6 heteroatoms. The van der Waals surface area contributed by atoms with E-state index in [2.05, 4.69) is 10.6 Å². The summed E-state index contributed by atoms with van der Waals surface area (Å²) >= 11 is 0. The zero-order chi connectivity index (χ0) is 16.7. The standard InChI is InChI=1S/C17H18F2N2O2/c1-12(13-5-3-2-4-6-13)21-17(22)20-9-10-23-16-8-7-14(18)11-15(16)19/h2-8,11-12H,9-10H2,1H3,(H2,20,21,22). The average molecular weight is 320 g/mol. The van der Waals surface area contributed by atoms with Crippen LogP contribution in [0.3, 0.4) is 0 Å². The van der Waals surface area contributed by atoms with E-state index in [0.29, 0.717) is 0 Å². The molecule has 122 valence electrons. The van der Waals surface area contributed by atoms with E-state index in [1.54, 1.807) is 0 Å². The van der Waals surface area contributed by atoms with Crippen molar-refractivity contribution >= 4 is 6.03 Å². The summed E-state index contributed by atoms with van der Waals surface area (Å²) in [6.45, 7) is 2.15. The predicted molar refractivity (Wildman–Crippen MR) is 83.2 cm³/mol. The molecule has 4 nitrogen and oxygen atoms in total. The number of hydrogen-bond donors (Lipinski definition) is 2. The summed E-state index contributed by atoms with van der Waals surface area (Å²) in [4.78, 5) is 11.7. The zero-order valence-corrected chi connectivity index (χ0v) is 12.7. The van der Waals surface area contributed by atoms with Crippen molar-refractivity contribution in [3.05, 3.63) is 65.7 Å². The first-order valence-electron chi connectivity index (χ1n) is 7.23. The lowest BCUT2D eigenvalue weighted by Gasteiger charge is -2.15. The average Bonchev–Trinajstić information content (AvgIpc) is 2.54. The highest BCUT2D eigenvalue weighted by Crippen LogP contribution is 2.17. The Hall–Kier alpha value is -2.63. The van der Waals surface area contributed by atoms with Gasteiger partial charge in [-0.25, -0.2) is 13.6 Å². The van der Waals surface area contributed by atoms with Crippen LogP contribution in [0.25, 0.3) is 0 Å². The largest absolute Gasteiger partial charge is 0.489 e. The molecule has 2 amide bonds. The van der Waals surface area contributed by atoms with Gasteiger partial charge in [0.1, 0.15) is 12.4 Å². The molecule has 0 fully saturated rings. The molecular weight excluding hydrogens is 302 g/mol. The Morgan fingerprint density at radius 3 is 2.61 bits per heavy atom. The first-order chi connectivity index (χ1) is 11.1. The fourth-order valence-corrected chi connectivity index (χ4v) is 1.99. The number of nitrogens with one attached hydrogen (secondary N) is 2. The van der Waals surface area contributed by atoms with Crippen molar-refractivity contribution in [2.45, 2.75) is 13.0 Å². The van der Waals surface area contributed by atoms with E-state index in [-0.39, 0.29) is 31.0 Å². The lowest BCUT2D eigenvalue weighted by Crippen LogP contribution is -2.39. The lowest BCUT2D eigenvalue weighted by molar-refractivity contribution is 0.233. The minimum absolute atomic E-state index is 0.0498. The summed E-state index contributed by atoms with van der Waals surface area (Å²) in [6, 6.07) is 12.1. The third kappa shape index (κ3) is 5.25. The first-order valence-corrected chi connectivity index (χ1v) is 7.23. The molecule has 0 aromatic heterocycles. The van der Waals surface area contributed by atoms with Crippen LogP contribution in [0.1, 0.15) is 18.5 Å². The molecule has 0 bridgehead atoms. The van der Waals surface area contributed by atoms with Crippen molar-refractivity contribution in [2.75, 3.05) is 13.2 Å². The summed E-state index contributed by atoms with van der Waals surface area (Å²) in [5.74, 6) is -1.49. The lowest BCUT2D eigenvalue weighted by atomic mass is 10.1. The number of ether oxygens (including phenoxy) is 1. The minimum Gasteiger partial charge on any atom is -0.489 e. The second kappa shape index (κ2) is 8.12. The van der Waals surface area contributed by atoms with Gasteiger partial charge < -0.3 is 15.4 Å². The summed E-state index contributed by atoms with van der Waals surface area (Å²) in [7, 11) is 0. The molecule has 0 saturated heterocycles. The van der Waals surface area contributed by atoms with Gasteiger partial charge in [-0.05, 0) is 24.6 Å². The Morgan fingerprint density at radius 2 is 1.91 bits per heavy atom. The SMILES string of the molecule is CC(NC(=O)NCCOc1ccc(F)cc1F)c1ccccc1. The van der Waals surface area contributed by atoms with Crippen LogP contribution in [0.2, 0.25) is 0 Å². The van der Waals surface area contributed by atoms with E-state index in [1.807, 2.05) is 37.3 Å². The van der Waals surface area contributed by atoms with Crippen LogP contribution >= 0.6 is 0 Å². The van der Waals surface area contributed by atoms with Crippen LogP contribution in [0, 0.1) is 11.6 Å². The van der Waals surface area contributed by atoms with Gasteiger partial charge in [-0.15, -0.1) is 0 Å². The molecule has 0 spiro atoms. The topological polar surface area (TPSA) is 50.4 Å². The van der Waals surface area contributed by atoms with Gasteiger partial charge >= 0.3 is 6.03 Å². The van der Waals surface area contributed by atoms with Crippen molar-refractivity contribution in [1.29, 1.82) is 0 Å². The third-order valence-electron chi connectivity index (χ3n) is 3.19. The molecule has 23 heavy (non-hydrogen) atoms. The quantitative estimate of drug-likeness (QED) is 0.802. The van der Waals surface area contributed by atoms with Crippen LogP contribution in [0.15, 0.2) is 48.5 Å². The van der Waals surface area contributed by atoms with Gasteiger partial charge in [0.05, 0.1) is 12.6 Å². The maximum atomic E-state index is 13.3. The maximum Gasteiger partial charge on any atom is 0.315 e. The van der Waals surface area contributed by atoms with E-state index in [9.17, 15) is 13.6 Å². The molecule has 0 aliphatic heterocycles. The number of benzene rings is 2. The molecule has 0 radical (unpaired) electrons. The van der Waals surface area contributed by atoms with Crippen molar-refractivity contribution in [1.82, 2.24) is 10.6 Å². The molecule has 0 heterocycles. The first kappa shape index (κ1) is 16.7. The van der Waals surface area contributed by atoms with E-state index < -0.39 is 11.6 Å². The van der Waals surface area contributed by atoms with Gasteiger partial charge in [-0.1, -0.05) is 30.3 Å². The maximum absolute atomic E-state index is 13.3. The molecule has 0 aliphatic carbocycles. The smallest absolute Gasteiger partial charge is 0.315 e. The summed E-state index contributed by atoms with van der Waals surface area (Å²) in [5.41, 5.74) is 0.993. The fraction of sp³-hybridized carbons (Fsp3) is 0.235. The molecular formula is C17H18F2N2O2. The van der Waals surface area contributed by atoms with Gasteiger partial charge in [0, 0.05) is 6.07 Å². The van der Waals surface area contributed by atoms with E-state index in [0.717, 1.165) is 17.7 Å². The molecule has 2 aromatic carbocycles. The van der Waals surface area contributed by atoms with E-state index >= 15 is 0 Å². The molecule has 0 saturated carbocycles. The predicted octanol–water partition coefficient (Wildman–Crippen LogP) is 3.40. The number of carbonyl (C=O) groups excluding carboxylic acids is 1. The van der Waals surface area contributed by atoms with Crippen molar-refractivity contribution < 1.29 is 18.3 Å². The Balaban J connectivity index is 1.70. The zero-order valence-electron chi connectivity index (χ0n) is 12.7. The summed E-state index contributed by atoms with van der Waals surface area (Å²) < 4.78 is 31.2. The molecule has 0 aliphatic rings. The monoisotopic (exact) mass is 320 g/mol. The van der Waals surface area contributed by atoms with Crippen LogP contribution in [-0.4, -0.2) is 19.2 Å². The van der Waals surface area contributed by atoms with Crippen LogP contribution in [0.5, 0.6) is 5.75 Å². The van der Waals surface area contributed by atoms with E-state index in [4.69, 9.17) is 4.74 Å². The highest BCUT2D eigenvalue weighted by atomic mass is 19.1. The second-order valence-electron chi connectivity index (χ2n) is 4.96. The van der Waals surface area contributed by atoms with E-state index in [1.165, 1.54) is 6.07 Å². The van der Waals surface area contributed by atoms with Crippen molar-refractivity contribution in [3.8, 4) is 5.75 Å². The number of urea groups is 1. The van der Waals surface area contributed by atoms with Gasteiger partial charge in [0.2, 0.25) is 0 Å². The Morgan fingerprint density at radius 1 is 1.17 bits per heavy atom. The molecule has 1 unspecified atom stereocenters. The van der Waals surface area contributed by atoms with Gasteiger partial charge in [-0.3, -0.25) is 0 Å². The molecule has 2 N–H and O–H groups in total. The highest BCUT2D eigenvalue weighted by molar-refractivity contribution is 5.74. The molecule has 2 rings (SSSR count). The number of halogens is 2. The Labute approximate surface area is 133 Å². The van der Waals surface area contributed by atoms with Gasteiger partial charge in [-0.2, -0.15) is 0 Å². The van der Waals surface area contributed by atoms with Gasteiger partial charge in [0.15, 0.2) is 11.6 Å². The second-order valence-corrected chi connectivity index (χ2v) is 4.96. The minimum atomic E-state index is -0.771. The summed E-state index contributed by atoms with van der Waals surface area (Å²) in [6.07, 6.45) is 0. The van der Waals surface area contributed by atoms with Crippen LogP contribution < -0.4 is 15.4 Å². The summed E-state index contributed by atoms with van der Waals surface area (Å²) in [5, 5.41) is 5.40. The normalized spacial score (nSPS) is 11.6. The highest BCUT2D eigenvalue weighted by Gasteiger charge is 2.09. The van der Waals surface area contributed by atoms with Crippen molar-refractivity contribution in [2.24, 2.45) is 0 Å². The van der Waals surface area contributed by atoms with Gasteiger partial charge in [0.25, 0.3) is 0 Å². The third-order valence-corrected chi connectivity index (χ3v) is 3.19. The number of carbonyl (C=O) groups is 1. The number of amides is 2. The Bertz CT molecular complexity index is 650. The number of hydrogen-bond acceptors (Lipinski definition) is 2. The molecule has 1 atom stereocenters. The molecule has 2 aromatic rings. The fourth-order valence-electron chi connectivity index (χ4n) is 1.99. The van der Waals surface area contributed by atoms with Crippen molar-refractivity contribution in [3.63, 3.8) is 0 Å². The number of rotatable bonds is 6. The Kier molecular flexibility index (Phi) is 5.91. The van der Waals surface area contributed by atoms with Crippen LogP contribution in [-0.2, 0) is 0 Å².